The summed E-state index contributed by atoms with van der Waals surface area (Å²) in [6.07, 6.45) is 0.378. The number of sulfonamides is 2. The van der Waals surface area contributed by atoms with E-state index < -0.39 is 44.1 Å². The van der Waals surface area contributed by atoms with Crippen molar-refractivity contribution in [2.75, 3.05) is 0 Å². The summed E-state index contributed by atoms with van der Waals surface area (Å²) in [4.78, 5) is 21.9. The molecule has 0 fully saturated rings. The van der Waals surface area contributed by atoms with Gasteiger partial charge >= 0.3 is 27.3 Å². The average Bonchev–Trinajstić information content (AvgIpc) is 2.79. The summed E-state index contributed by atoms with van der Waals surface area (Å²) in [5, 5.41) is 21.8. The molecule has 0 saturated heterocycles. The van der Waals surface area contributed by atoms with E-state index >= 15 is 0 Å². The fraction of sp³-hybridized carbons (Fsp3) is 0.417. The molecule has 43 heavy (non-hydrogen) atoms. The number of hydrogen-bond donors (Lipinski definition) is 2. The zero-order valence-electron chi connectivity index (χ0n) is 24.3. The molecule has 248 valence electrons. The number of nitrogens with one attached hydrogen (secondary N) is 2. The second-order valence-electron chi connectivity index (χ2n) is 8.87. The van der Waals surface area contributed by atoms with Crippen molar-refractivity contribution in [3.8, 4) is 0 Å². The van der Waals surface area contributed by atoms with Crippen LogP contribution in [0.25, 0.3) is 0 Å². The van der Waals surface area contributed by atoms with Crippen molar-refractivity contribution in [1.29, 1.82) is 0 Å². The Bertz CT molecular complexity index is 1110. The maximum absolute atomic E-state index is 11.9. The molecule has 0 bridgehead atoms. The van der Waals surface area contributed by atoms with Crippen LogP contribution < -0.4 is 19.7 Å². The van der Waals surface area contributed by atoms with Crippen LogP contribution in [0.3, 0.4) is 0 Å². The molecule has 2 atom stereocenters. The molecule has 0 aromatic heterocycles. The van der Waals surface area contributed by atoms with Crippen molar-refractivity contribution in [3.63, 3.8) is 0 Å². The number of rotatable bonds is 12. The van der Waals surface area contributed by atoms with Crippen LogP contribution in [0.4, 0.5) is 0 Å². The van der Waals surface area contributed by atoms with Crippen molar-refractivity contribution in [1.82, 2.24) is 9.44 Å². The first-order valence-electron chi connectivity index (χ1n) is 11.2. The molecule has 0 aliphatic rings. The first kappa shape index (κ1) is 56.6. The number of hydrogen-bond acceptors (Lipinski definition) is 8. The molecule has 0 radical (unpaired) electrons. The third-order valence-electron chi connectivity index (χ3n) is 4.69. The molecule has 0 heterocycles. The van der Waals surface area contributed by atoms with Gasteiger partial charge in [-0.3, -0.25) is 0 Å². The number of aliphatic carboxylic acids is 2. The second kappa shape index (κ2) is 26.3. The molecule has 0 aliphatic carbocycles. The van der Waals surface area contributed by atoms with Gasteiger partial charge in [-0.25, -0.2) is 26.3 Å². The van der Waals surface area contributed by atoms with Crippen LogP contribution in [0.5, 0.6) is 0 Å². The molecular formula is C24H44CdN2O14S2. The van der Waals surface area contributed by atoms with E-state index in [1.54, 1.807) is 36.4 Å². The third-order valence-corrected chi connectivity index (χ3v) is 7.66. The Morgan fingerprint density at radius 3 is 1.00 bits per heavy atom. The van der Waals surface area contributed by atoms with Gasteiger partial charge in [0.2, 0.25) is 20.0 Å². The minimum atomic E-state index is -3.82. The first-order valence-corrected chi connectivity index (χ1v) is 14.2. The van der Waals surface area contributed by atoms with E-state index in [0.717, 1.165) is 0 Å². The molecule has 16 nitrogen and oxygen atoms in total. The Hall–Kier alpha value is -2.12. The van der Waals surface area contributed by atoms with E-state index in [2.05, 4.69) is 9.44 Å². The van der Waals surface area contributed by atoms with Crippen LogP contribution in [0, 0.1) is 11.8 Å². The van der Waals surface area contributed by atoms with Gasteiger partial charge in [0.1, 0.15) is 0 Å². The maximum Gasteiger partial charge on any atom is 2.00 e. The van der Waals surface area contributed by atoms with E-state index in [4.69, 9.17) is 0 Å². The molecule has 19 heteroatoms. The van der Waals surface area contributed by atoms with Crippen molar-refractivity contribution in [2.45, 2.75) is 62.4 Å². The molecule has 0 spiro atoms. The first-order chi connectivity index (χ1) is 16.7. The fourth-order valence-corrected chi connectivity index (χ4v) is 5.47. The van der Waals surface area contributed by atoms with Crippen molar-refractivity contribution in [2.24, 2.45) is 11.8 Å². The summed E-state index contributed by atoms with van der Waals surface area (Å²) in [6.45, 7) is 7.25. The van der Waals surface area contributed by atoms with Gasteiger partial charge in [-0.15, -0.1) is 0 Å². The Balaban J connectivity index is -0.000000104. The van der Waals surface area contributed by atoms with Gasteiger partial charge in [0.05, 0.1) is 33.8 Å². The van der Waals surface area contributed by atoms with E-state index in [1.165, 1.54) is 24.3 Å². The molecule has 0 aliphatic heterocycles. The molecule has 0 saturated carbocycles. The molecule has 2 rings (SSSR count). The largest absolute Gasteiger partial charge is 2.00 e. The summed E-state index contributed by atoms with van der Waals surface area (Å²) < 4.78 is 52.0. The second-order valence-corrected chi connectivity index (χ2v) is 12.3. The zero-order valence-corrected chi connectivity index (χ0v) is 30.0. The quantitative estimate of drug-likeness (QED) is 0.197. The van der Waals surface area contributed by atoms with Gasteiger partial charge in [0.15, 0.2) is 0 Å². The van der Waals surface area contributed by atoms with Crippen LogP contribution in [0.1, 0.15) is 40.5 Å². The van der Waals surface area contributed by atoms with Gasteiger partial charge in [-0.05, 0) is 48.9 Å². The van der Waals surface area contributed by atoms with Gasteiger partial charge in [-0.2, -0.15) is 0 Å². The third kappa shape index (κ3) is 21.3. The summed E-state index contributed by atoms with van der Waals surface area (Å²) >= 11 is 0. The fourth-order valence-electron chi connectivity index (χ4n) is 3.04. The number of carboxylic acid groups (broad SMARTS) is 2. The van der Waals surface area contributed by atoms with Crippen LogP contribution in [0.15, 0.2) is 70.5 Å². The smallest absolute Gasteiger partial charge is 0.548 e. The van der Waals surface area contributed by atoms with Crippen molar-refractivity contribution in [3.05, 3.63) is 60.7 Å². The van der Waals surface area contributed by atoms with Crippen LogP contribution in [-0.2, 0) is 56.9 Å². The van der Waals surface area contributed by atoms with Crippen LogP contribution >= 0.6 is 0 Å². The number of carbonyl (C=O) groups excluding carboxylic acids is 2. The Labute approximate surface area is 272 Å². The van der Waals surface area contributed by atoms with E-state index in [1.807, 2.05) is 27.7 Å². The topological polar surface area (TPSA) is 362 Å². The Kier molecular flexibility index (Phi) is 34.6. The summed E-state index contributed by atoms with van der Waals surface area (Å²) in [7, 11) is -7.64. The minimum Gasteiger partial charge on any atom is -0.548 e. The van der Waals surface area contributed by atoms with Crippen LogP contribution in [-0.4, -0.2) is 73.7 Å². The zero-order chi connectivity index (χ0) is 27.5. The molecule has 2 aromatic carbocycles. The number of carboxylic acids is 2. The van der Waals surface area contributed by atoms with Crippen LogP contribution in [0.2, 0.25) is 0 Å². The maximum atomic E-state index is 11.9. The van der Waals surface area contributed by atoms with Crippen molar-refractivity contribution >= 4 is 32.0 Å². The predicted octanol–water partition coefficient (Wildman–Crippen LogP) is -4.69. The number of benzene rings is 2. The Morgan fingerprint density at radius 2 is 0.814 bits per heavy atom. The standard InChI is InChI=1S/2C12H17NO4S.Cd.6H2O/c2*1-9(2)8-11(12(14)15)13-18(16,17)10-6-4-3-5-7-10;;;;;;;/h2*3-7,9,11,13H,8H2,1-2H3,(H,14,15);;6*1H2/q;;+2;;;;;;/p-2/t2*11-;;;;;;;/m00......./s1. The van der Waals surface area contributed by atoms with Gasteiger partial charge in [0.25, 0.3) is 0 Å². The molecule has 14 N–H and O–H groups in total. The van der Waals surface area contributed by atoms with E-state index in [-0.39, 0.29) is 94.6 Å². The SMILES string of the molecule is CC(C)C[C@H](NS(=O)(=O)c1ccccc1)C(=O)[O-].CC(C)C[C@H](NS(=O)(=O)c1ccccc1)C(=O)[O-].O.O.O.O.O.O.[Cd+2]. The molecular weight excluding hydrogens is 717 g/mol. The molecule has 0 amide bonds. The van der Waals surface area contributed by atoms with Gasteiger partial charge < -0.3 is 52.7 Å². The summed E-state index contributed by atoms with van der Waals surface area (Å²) in [5.41, 5.74) is 0. The summed E-state index contributed by atoms with van der Waals surface area (Å²) in [5.74, 6) is -2.73. The van der Waals surface area contributed by atoms with Crippen molar-refractivity contribution < 1.29 is 96.8 Å². The van der Waals surface area contributed by atoms with E-state index in [9.17, 15) is 36.6 Å². The van der Waals surface area contributed by atoms with E-state index in [0.29, 0.717) is 0 Å². The molecule has 0 unspecified atom stereocenters. The normalized spacial score (nSPS) is 11.3. The number of carbonyl (C=O) groups is 2. The summed E-state index contributed by atoms with van der Waals surface area (Å²) in [6, 6.07) is 12.9. The Morgan fingerprint density at radius 1 is 0.581 bits per heavy atom. The van der Waals surface area contributed by atoms with Gasteiger partial charge in [0, 0.05) is 0 Å². The average molecular weight is 761 g/mol. The molecule has 2 aromatic rings. The predicted molar refractivity (Wildman–Crippen MR) is 152 cm³/mol. The monoisotopic (exact) mass is 762 g/mol. The van der Waals surface area contributed by atoms with Gasteiger partial charge in [-0.1, -0.05) is 64.1 Å². The minimum absolute atomic E-state index is 0.